The second kappa shape index (κ2) is 22.8. The molecule has 0 bridgehead atoms. The Hall–Kier alpha value is -3.78. The fraction of sp³-hybridized carbons (Fsp3) is 0.455. The molecule has 4 aromatic carbocycles. The van der Waals surface area contributed by atoms with E-state index in [4.69, 9.17) is 61.1 Å². The van der Waals surface area contributed by atoms with Gasteiger partial charge in [-0.05, 0) is 160 Å². The van der Waals surface area contributed by atoms with Crippen molar-refractivity contribution in [1.29, 1.82) is 0 Å². The standard InChI is InChI=1S/C28H32Cl2N2O3.C27H30Cl2N2O3.Na.H2O/c1-17(18-6-8-19(9-7-18)26(34)35-5)32-25(33)24(20-14-22(29)16-23(30)15-20)31-28(32)12-10-21(11-13-28)27(2,3)4;1-16(17-5-7-18(8-6-17)25(33)34)31-24(32)23(19-13-21(28)15-22(29)14-19)30-27(31)11-9-20(10-12-27)26(2,3)4;;/h6-9,14-17,21H,10-13H2,1-5H3;5-8,13-16,20H,9-12H2,1-4H3,(H,33,34);;1H2/q;;+1;/p-1/t17-,21?,28?;16-,20?,27?;;/m11../s1. The van der Waals surface area contributed by atoms with Crippen LogP contribution in [-0.2, 0) is 14.3 Å². The molecule has 2 aliphatic carbocycles. The van der Waals surface area contributed by atoms with E-state index in [0.717, 1.165) is 62.5 Å². The summed E-state index contributed by atoms with van der Waals surface area (Å²) in [7, 11) is 1.36. The molecule has 2 heterocycles. The van der Waals surface area contributed by atoms with Crippen molar-refractivity contribution >= 4 is 81.6 Å². The minimum atomic E-state index is -0.975. The summed E-state index contributed by atoms with van der Waals surface area (Å²) >= 11 is 25.0. The summed E-state index contributed by atoms with van der Waals surface area (Å²) in [6, 6.07) is 23.7. The Kier molecular flexibility index (Phi) is 18.6. The van der Waals surface area contributed by atoms with Gasteiger partial charge < -0.3 is 25.1 Å². The number of carbonyl (C=O) groups excluding carboxylic acids is 3. The summed E-state index contributed by atoms with van der Waals surface area (Å²) in [6.07, 6.45) is 7.08. The van der Waals surface area contributed by atoms with Gasteiger partial charge in [-0.1, -0.05) is 112 Å². The first-order valence-corrected chi connectivity index (χ1v) is 25.2. The van der Waals surface area contributed by atoms with E-state index in [1.165, 1.54) is 7.11 Å². The first kappa shape index (κ1) is 58.1. The summed E-state index contributed by atoms with van der Waals surface area (Å²) in [5.41, 5.74) is 3.68. The molecule has 71 heavy (non-hydrogen) atoms. The van der Waals surface area contributed by atoms with E-state index >= 15 is 0 Å². The zero-order valence-electron chi connectivity index (χ0n) is 42.3. The predicted octanol–water partition coefficient (Wildman–Crippen LogP) is 10.9. The number of carbonyl (C=O) groups is 4. The maximum atomic E-state index is 14.0. The summed E-state index contributed by atoms with van der Waals surface area (Å²) in [4.78, 5) is 65.0. The summed E-state index contributed by atoms with van der Waals surface area (Å²) in [5.74, 6) is -0.511. The third-order valence-electron chi connectivity index (χ3n) is 14.9. The molecule has 0 radical (unpaired) electrons. The molecule has 374 valence electrons. The van der Waals surface area contributed by atoms with Crippen LogP contribution in [0.5, 0.6) is 0 Å². The number of aliphatic imine (C=N–C) groups is 2. The molecule has 4 aliphatic rings. The molecule has 2 atom stereocenters. The Morgan fingerprint density at radius 1 is 0.606 bits per heavy atom. The number of carboxylic acids is 1. The summed E-state index contributed by atoms with van der Waals surface area (Å²) < 4.78 is 4.82. The minimum absolute atomic E-state index is 0. The van der Waals surface area contributed by atoms with E-state index in [1.54, 1.807) is 72.8 Å². The summed E-state index contributed by atoms with van der Waals surface area (Å²) in [5, 5.41) is 11.1. The van der Waals surface area contributed by atoms with E-state index in [9.17, 15) is 24.3 Å². The zero-order valence-corrected chi connectivity index (χ0v) is 47.3. The van der Waals surface area contributed by atoms with Gasteiger partial charge in [-0.2, -0.15) is 0 Å². The first-order chi connectivity index (χ1) is 32.4. The Morgan fingerprint density at radius 3 is 1.20 bits per heavy atom. The maximum absolute atomic E-state index is 14.0. The second-order valence-corrected chi connectivity index (χ2v) is 23.0. The normalized spacial score (nSPS) is 22.9. The van der Waals surface area contributed by atoms with Gasteiger partial charge in [-0.15, -0.1) is 0 Å². The molecular formula is C55H63Cl4N4NaO7. The van der Waals surface area contributed by atoms with Gasteiger partial charge in [-0.3, -0.25) is 19.6 Å². The largest absolute Gasteiger partial charge is 1.00 e. The van der Waals surface area contributed by atoms with E-state index in [1.807, 2.05) is 35.8 Å². The van der Waals surface area contributed by atoms with Crippen LogP contribution in [-0.4, -0.2) is 74.0 Å². The molecule has 16 heteroatoms. The van der Waals surface area contributed by atoms with Crippen molar-refractivity contribution in [2.24, 2.45) is 32.7 Å². The van der Waals surface area contributed by atoms with E-state index in [2.05, 4.69) is 41.5 Å². The number of hydrogen-bond acceptors (Lipinski definition) is 8. The van der Waals surface area contributed by atoms with Gasteiger partial charge in [-0.25, -0.2) is 9.59 Å². The van der Waals surface area contributed by atoms with Crippen LogP contribution >= 0.6 is 46.4 Å². The Labute approximate surface area is 460 Å². The van der Waals surface area contributed by atoms with Gasteiger partial charge in [0.2, 0.25) is 0 Å². The molecule has 0 unspecified atom stereocenters. The van der Waals surface area contributed by atoms with E-state index in [-0.39, 0.29) is 81.3 Å². The van der Waals surface area contributed by atoms with Crippen LogP contribution in [0.15, 0.2) is 94.9 Å². The fourth-order valence-corrected chi connectivity index (χ4v) is 11.9. The predicted molar refractivity (Wildman–Crippen MR) is 278 cm³/mol. The SMILES string of the molecule is COC(=O)c1ccc([C@@H](C)N2C(=O)C(c3cc(Cl)cc(Cl)c3)=NC23CCC(C(C)(C)C)CC3)cc1.C[C@H](c1ccc(C(=O)O)cc1)N1C(=O)C(c2cc(Cl)cc(Cl)c2)=NC12CCC(C(C)(C)C)CC2.[Na+].[OH-]. The Morgan fingerprint density at radius 2 is 0.915 bits per heavy atom. The molecule has 0 saturated heterocycles. The van der Waals surface area contributed by atoms with Crippen LogP contribution in [0.25, 0.3) is 0 Å². The smallest absolute Gasteiger partial charge is 0.870 e. The number of aromatic carboxylic acids is 1. The number of halogens is 4. The van der Waals surface area contributed by atoms with Crippen LogP contribution in [0.3, 0.4) is 0 Å². The molecule has 2 aliphatic heterocycles. The third kappa shape index (κ3) is 12.4. The second-order valence-electron chi connectivity index (χ2n) is 21.2. The van der Waals surface area contributed by atoms with Gasteiger partial charge in [0.1, 0.15) is 22.7 Å². The van der Waals surface area contributed by atoms with Crippen LogP contribution in [0.4, 0.5) is 0 Å². The quantitative estimate of drug-likeness (QED) is 0.136. The molecule has 8 rings (SSSR count). The molecule has 2 amide bonds. The number of esters is 1. The summed E-state index contributed by atoms with van der Waals surface area (Å²) in [6.45, 7) is 17.6. The number of ether oxygens (including phenoxy) is 1. The van der Waals surface area contributed by atoms with Crippen molar-refractivity contribution in [2.75, 3.05) is 7.11 Å². The Bertz CT molecular complexity index is 2640. The van der Waals surface area contributed by atoms with Gasteiger partial charge in [0.05, 0.1) is 30.3 Å². The number of nitrogens with zero attached hydrogens (tertiary/aromatic N) is 4. The third-order valence-corrected chi connectivity index (χ3v) is 15.8. The number of rotatable bonds is 8. The van der Waals surface area contributed by atoms with E-state index < -0.39 is 17.3 Å². The molecule has 0 aromatic heterocycles. The van der Waals surface area contributed by atoms with Crippen LogP contribution < -0.4 is 29.6 Å². The number of methoxy groups -OCH3 is 1. The monoisotopic (exact) mass is 1050 g/mol. The molecule has 2 spiro atoms. The minimum Gasteiger partial charge on any atom is -0.870 e. The number of hydrogen-bond donors (Lipinski definition) is 1. The molecule has 2 N–H and O–H groups in total. The van der Waals surface area contributed by atoms with Crippen LogP contribution in [0.2, 0.25) is 20.1 Å². The number of amides is 2. The van der Waals surface area contributed by atoms with E-state index in [0.29, 0.717) is 60.0 Å². The van der Waals surface area contributed by atoms with Crippen LogP contribution in [0, 0.1) is 22.7 Å². The van der Waals surface area contributed by atoms with Crippen molar-refractivity contribution in [1.82, 2.24) is 9.80 Å². The molecule has 2 saturated carbocycles. The molecular weight excluding hydrogens is 993 g/mol. The van der Waals surface area contributed by atoms with Crippen LogP contribution in [0.1, 0.15) is 162 Å². The van der Waals surface area contributed by atoms with Gasteiger partial charge in [0, 0.05) is 31.2 Å². The van der Waals surface area contributed by atoms with Crippen molar-refractivity contribution in [3.8, 4) is 0 Å². The molecule has 4 aromatic rings. The van der Waals surface area contributed by atoms with Crippen molar-refractivity contribution in [3.05, 3.63) is 138 Å². The topological polar surface area (TPSA) is 159 Å². The zero-order chi connectivity index (χ0) is 50.4. The number of benzene rings is 4. The van der Waals surface area contributed by atoms with Gasteiger partial charge >= 0.3 is 41.5 Å². The van der Waals surface area contributed by atoms with Gasteiger partial charge in [0.25, 0.3) is 11.8 Å². The molecule has 11 nitrogen and oxygen atoms in total. The number of carboxylic acid groups (broad SMARTS) is 1. The van der Waals surface area contributed by atoms with Crippen molar-refractivity contribution in [2.45, 2.75) is 130 Å². The molecule has 2 fully saturated rings. The van der Waals surface area contributed by atoms with Crippen molar-refractivity contribution in [3.63, 3.8) is 0 Å². The van der Waals surface area contributed by atoms with Gasteiger partial charge in [0.15, 0.2) is 0 Å². The Balaban J connectivity index is 0.000000257. The average molecular weight is 1060 g/mol. The maximum Gasteiger partial charge on any atom is 1.00 e. The average Bonchev–Trinajstić information content (AvgIpc) is 3.73. The fourth-order valence-electron chi connectivity index (χ4n) is 10.9. The van der Waals surface area contributed by atoms with Crippen molar-refractivity contribution < 1.29 is 64.1 Å². The first-order valence-electron chi connectivity index (χ1n) is 23.7.